The fourth-order valence-corrected chi connectivity index (χ4v) is 0.766. The molecule has 1 heterocycles. The molecule has 0 radical (unpaired) electrons. The lowest BCUT2D eigenvalue weighted by molar-refractivity contribution is 0.193. The summed E-state index contributed by atoms with van der Waals surface area (Å²) in [5, 5.41) is 9.14. The Kier molecular flexibility index (Phi) is 2.19. The fraction of sp³-hybridized carbons (Fsp3) is 0.250. The van der Waals surface area contributed by atoms with Crippen LogP contribution in [0, 0.1) is 12.3 Å². The predicted octanol–water partition coefficient (Wildman–Crippen LogP) is 0.511. The zero-order valence-electron chi connectivity index (χ0n) is 6.15. The molecule has 0 fully saturated rings. The molecule has 3 heteroatoms. The second kappa shape index (κ2) is 3.13. The van der Waals surface area contributed by atoms with Crippen LogP contribution in [0.2, 0.25) is 0 Å². The maximum Gasteiger partial charge on any atom is 0.137 e. The molecule has 1 atom stereocenters. The number of rotatable bonds is 1. The van der Waals surface area contributed by atoms with E-state index in [1.165, 1.54) is 12.4 Å². The van der Waals surface area contributed by atoms with E-state index in [4.69, 9.17) is 11.5 Å². The molecule has 0 saturated carbocycles. The first kappa shape index (κ1) is 7.70. The molecule has 1 aromatic rings. The highest BCUT2D eigenvalue weighted by molar-refractivity contribution is 5.29. The molecular formula is C8H8N2O. The highest BCUT2D eigenvalue weighted by Crippen LogP contribution is 2.10. The Hall–Kier alpha value is -1.40. The third kappa shape index (κ3) is 1.54. The quantitative estimate of drug-likeness (QED) is 0.590. The molecule has 1 rings (SSSR count). The number of aromatic nitrogens is 2. The van der Waals surface area contributed by atoms with Crippen LogP contribution < -0.4 is 0 Å². The molecule has 3 nitrogen and oxygen atoms in total. The zero-order chi connectivity index (χ0) is 8.27. The van der Waals surface area contributed by atoms with E-state index in [0.717, 1.165) is 0 Å². The number of aliphatic hydroxyl groups is 1. The number of hydrogen-bond donors (Lipinski definition) is 1. The van der Waals surface area contributed by atoms with Crippen molar-refractivity contribution in [3.8, 4) is 12.3 Å². The molecule has 0 saturated heterocycles. The summed E-state index contributed by atoms with van der Waals surface area (Å²) in [4.78, 5) is 7.75. The molecule has 1 N–H and O–H groups in total. The van der Waals surface area contributed by atoms with Gasteiger partial charge in [-0.2, -0.15) is 0 Å². The Morgan fingerprint density at radius 2 is 2.18 bits per heavy atom. The van der Waals surface area contributed by atoms with Crippen molar-refractivity contribution < 1.29 is 5.11 Å². The van der Waals surface area contributed by atoms with Crippen molar-refractivity contribution in [2.45, 2.75) is 13.0 Å². The number of terminal acetylenes is 1. The summed E-state index contributed by atoms with van der Waals surface area (Å²) in [6.07, 6.45) is 7.47. The third-order valence-electron chi connectivity index (χ3n) is 1.26. The first-order chi connectivity index (χ1) is 5.25. The summed E-state index contributed by atoms with van der Waals surface area (Å²) in [5.74, 6) is 2.34. The average Bonchev–Trinajstić information content (AvgIpc) is 2.04. The SMILES string of the molecule is C#Cc1nccnc1C(C)O. The van der Waals surface area contributed by atoms with Crippen LogP contribution in [0.15, 0.2) is 12.4 Å². The molecule has 0 aliphatic heterocycles. The Bertz CT molecular complexity index is 288. The minimum atomic E-state index is -0.658. The lowest BCUT2D eigenvalue weighted by Crippen LogP contribution is -2.00. The lowest BCUT2D eigenvalue weighted by Gasteiger charge is -2.03. The van der Waals surface area contributed by atoms with Crippen molar-refractivity contribution >= 4 is 0 Å². The molecule has 0 aliphatic rings. The predicted molar refractivity (Wildman–Crippen MR) is 40.6 cm³/mol. The second-order valence-corrected chi connectivity index (χ2v) is 2.11. The van der Waals surface area contributed by atoms with Crippen molar-refractivity contribution in [1.82, 2.24) is 9.97 Å². The first-order valence-electron chi connectivity index (χ1n) is 3.21. The maximum absolute atomic E-state index is 9.14. The largest absolute Gasteiger partial charge is 0.387 e. The summed E-state index contributed by atoms with van der Waals surface area (Å²) in [6, 6.07) is 0. The summed E-state index contributed by atoms with van der Waals surface area (Å²) in [6.45, 7) is 1.60. The van der Waals surface area contributed by atoms with Gasteiger partial charge in [0.05, 0.1) is 6.10 Å². The van der Waals surface area contributed by atoms with Gasteiger partial charge in [-0.25, -0.2) is 4.98 Å². The second-order valence-electron chi connectivity index (χ2n) is 2.11. The minimum Gasteiger partial charge on any atom is -0.387 e. The molecule has 1 aromatic heterocycles. The zero-order valence-corrected chi connectivity index (χ0v) is 6.15. The van der Waals surface area contributed by atoms with E-state index in [-0.39, 0.29) is 0 Å². The van der Waals surface area contributed by atoms with Crippen molar-refractivity contribution in [3.63, 3.8) is 0 Å². The highest BCUT2D eigenvalue weighted by Gasteiger charge is 2.06. The summed E-state index contributed by atoms with van der Waals surface area (Å²) >= 11 is 0. The van der Waals surface area contributed by atoms with E-state index in [1.54, 1.807) is 6.92 Å². The van der Waals surface area contributed by atoms with Crippen LogP contribution >= 0.6 is 0 Å². The van der Waals surface area contributed by atoms with Crippen LogP contribution in [0.1, 0.15) is 24.4 Å². The number of nitrogens with zero attached hydrogens (tertiary/aromatic N) is 2. The third-order valence-corrected chi connectivity index (χ3v) is 1.26. The van der Waals surface area contributed by atoms with Gasteiger partial charge in [0, 0.05) is 12.4 Å². The molecule has 0 aromatic carbocycles. The van der Waals surface area contributed by atoms with Crippen LogP contribution in [0.3, 0.4) is 0 Å². The van der Waals surface area contributed by atoms with E-state index < -0.39 is 6.10 Å². The summed E-state index contributed by atoms with van der Waals surface area (Å²) in [5.41, 5.74) is 0.859. The molecule has 1 unspecified atom stereocenters. The van der Waals surface area contributed by atoms with Crippen LogP contribution in [0.25, 0.3) is 0 Å². The highest BCUT2D eigenvalue weighted by atomic mass is 16.3. The van der Waals surface area contributed by atoms with Crippen LogP contribution in [-0.2, 0) is 0 Å². The van der Waals surface area contributed by atoms with Gasteiger partial charge in [-0.1, -0.05) is 0 Å². The number of hydrogen-bond acceptors (Lipinski definition) is 3. The topological polar surface area (TPSA) is 46.0 Å². The Morgan fingerprint density at radius 3 is 2.64 bits per heavy atom. The monoisotopic (exact) mass is 148 g/mol. The molecular weight excluding hydrogens is 140 g/mol. The molecule has 56 valence electrons. The van der Waals surface area contributed by atoms with Gasteiger partial charge in [0.15, 0.2) is 0 Å². The standard InChI is InChI=1S/C8H8N2O/c1-3-7-8(6(2)11)10-5-4-9-7/h1,4-6,11H,2H3. The van der Waals surface area contributed by atoms with Crippen LogP contribution in [0.5, 0.6) is 0 Å². The van der Waals surface area contributed by atoms with E-state index in [9.17, 15) is 0 Å². The smallest absolute Gasteiger partial charge is 0.137 e. The summed E-state index contributed by atoms with van der Waals surface area (Å²) in [7, 11) is 0. The Balaban J connectivity index is 3.15. The van der Waals surface area contributed by atoms with Gasteiger partial charge in [0.2, 0.25) is 0 Å². The number of aliphatic hydroxyl groups excluding tert-OH is 1. The molecule has 0 amide bonds. The summed E-state index contributed by atoms with van der Waals surface area (Å²) < 4.78 is 0. The van der Waals surface area contributed by atoms with Gasteiger partial charge in [0.25, 0.3) is 0 Å². The Morgan fingerprint density at radius 1 is 1.55 bits per heavy atom. The van der Waals surface area contributed by atoms with E-state index in [2.05, 4.69) is 15.9 Å². The molecule has 11 heavy (non-hydrogen) atoms. The lowest BCUT2D eigenvalue weighted by atomic mass is 10.2. The van der Waals surface area contributed by atoms with Gasteiger partial charge in [-0.05, 0) is 12.8 Å². The van der Waals surface area contributed by atoms with Crippen LogP contribution in [0.4, 0.5) is 0 Å². The van der Waals surface area contributed by atoms with Gasteiger partial charge in [0.1, 0.15) is 11.4 Å². The van der Waals surface area contributed by atoms with E-state index in [0.29, 0.717) is 11.4 Å². The van der Waals surface area contributed by atoms with E-state index >= 15 is 0 Å². The minimum absolute atomic E-state index is 0.405. The van der Waals surface area contributed by atoms with Gasteiger partial charge < -0.3 is 5.11 Å². The van der Waals surface area contributed by atoms with E-state index in [1.807, 2.05) is 0 Å². The van der Waals surface area contributed by atoms with Gasteiger partial charge >= 0.3 is 0 Å². The van der Waals surface area contributed by atoms with Gasteiger partial charge in [-0.3, -0.25) is 4.98 Å². The normalized spacial score (nSPS) is 12.1. The van der Waals surface area contributed by atoms with Crippen molar-refractivity contribution in [3.05, 3.63) is 23.8 Å². The Labute approximate surface area is 65.1 Å². The van der Waals surface area contributed by atoms with Gasteiger partial charge in [-0.15, -0.1) is 6.42 Å². The molecule has 0 bridgehead atoms. The average molecular weight is 148 g/mol. The molecule has 0 spiro atoms. The van der Waals surface area contributed by atoms with Crippen molar-refractivity contribution in [1.29, 1.82) is 0 Å². The first-order valence-corrected chi connectivity index (χ1v) is 3.21. The fourth-order valence-electron chi connectivity index (χ4n) is 0.766. The molecule has 0 aliphatic carbocycles. The van der Waals surface area contributed by atoms with Crippen molar-refractivity contribution in [2.24, 2.45) is 0 Å². The van der Waals surface area contributed by atoms with Crippen LogP contribution in [-0.4, -0.2) is 15.1 Å². The maximum atomic E-state index is 9.14. The van der Waals surface area contributed by atoms with Crippen molar-refractivity contribution in [2.75, 3.05) is 0 Å².